The molecule has 0 bridgehead atoms. The maximum atomic E-state index is 9.18. The smallest absolute Gasteiger partial charge is 0.123 e. The molecule has 0 aliphatic carbocycles. The van der Waals surface area contributed by atoms with Crippen molar-refractivity contribution in [1.29, 1.82) is 0 Å². The Hall–Kier alpha value is -2.76. The number of nitrogens with zero attached hydrogens (tertiary/aromatic N) is 1. The largest absolute Gasteiger partial charge is 0.361 e. The Labute approximate surface area is 127 Å². The first-order valence-electron chi connectivity index (χ1n) is 7.05. The zero-order chi connectivity index (χ0) is 15.1. The van der Waals surface area contributed by atoms with Crippen molar-refractivity contribution in [2.45, 2.75) is 6.17 Å². The first-order chi connectivity index (χ1) is 10.7. The van der Waals surface area contributed by atoms with Gasteiger partial charge in [-0.15, -0.1) is 5.23 Å². The number of anilines is 3. The summed E-state index contributed by atoms with van der Waals surface area (Å²) in [5, 5.41) is 27.7. The monoisotopic (exact) mass is 293 g/mol. The van der Waals surface area contributed by atoms with Crippen molar-refractivity contribution in [3.8, 4) is 0 Å². The van der Waals surface area contributed by atoms with Gasteiger partial charge in [0.2, 0.25) is 0 Å². The molecule has 0 saturated heterocycles. The first kappa shape index (κ1) is 12.9. The standard InChI is InChI=1S/C17H15N3O2/c21-20(22)13-7-1-6-12(10-13)17-18-14-8-2-4-11-5-3-9-15(19-17)16(11)14/h1-10,17-19,21-22H. The molecule has 3 aromatic carbocycles. The minimum atomic E-state index is -0.139. The average Bonchev–Trinajstić information content (AvgIpc) is 2.55. The molecule has 5 heteroatoms. The Kier molecular flexibility index (Phi) is 2.89. The van der Waals surface area contributed by atoms with E-state index in [2.05, 4.69) is 22.8 Å². The van der Waals surface area contributed by atoms with Gasteiger partial charge in [-0.05, 0) is 35.2 Å². The molecule has 22 heavy (non-hydrogen) atoms. The van der Waals surface area contributed by atoms with Gasteiger partial charge in [-0.25, -0.2) is 0 Å². The van der Waals surface area contributed by atoms with E-state index in [4.69, 9.17) is 0 Å². The first-order valence-corrected chi connectivity index (χ1v) is 7.05. The SMILES string of the molecule is ON(O)c1cccc(C2Nc3cccc4cccc(c34)N2)c1. The molecule has 5 nitrogen and oxygen atoms in total. The summed E-state index contributed by atoms with van der Waals surface area (Å²) in [5.74, 6) is 0. The molecule has 0 saturated carbocycles. The van der Waals surface area contributed by atoms with E-state index in [0.29, 0.717) is 5.69 Å². The van der Waals surface area contributed by atoms with Crippen molar-refractivity contribution in [1.82, 2.24) is 0 Å². The van der Waals surface area contributed by atoms with Gasteiger partial charge in [0.1, 0.15) is 6.17 Å². The number of rotatable bonds is 2. The summed E-state index contributed by atoms with van der Waals surface area (Å²) in [5.41, 5.74) is 3.36. The summed E-state index contributed by atoms with van der Waals surface area (Å²) >= 11 is 0. The Bertz CT molecular complexity index is 807. The second-order valence-corrected chi connectivity index (χ2v) is 5.32. The quantitative estimate of drug-likeness (QED) is 0.538. The topological polar surface area (TPSA) is 67.8 Å². The summed E-state index contributed by atoms with van der Waals surface area (Å²) in [7, 11) is 0. The van der Waals surface area contributed by atoms with E-state index >= 15 is 0 Å². The van der Waals surface area contributed by atoms with Crippen LogP contribution in [0, 0.1) is 0 Å². The third-order valence-corrected chi connectivity index (χ3v) is 3.94. The van der Waals surface area contributed by atoms with Gasteiger partial charge < -0.3 is 10.6 Å². The molecule has 0 radical (unpaired) electrons. The van der Waals surface area contributed by atoms with Crippen LogP contribution < -0.4 is 15.9 Å². The van der Waals surface area contributed by atoms with Crippen molar-refractivity contribution in [2.24, 2.45) is 0 Å². The molecule has 0 amide bonds. The van der Waals surface area contributed by atoms with Gasteiger partial charge in [0.25, 0.3) is 0 Å². The maximum Gasteiger partial charge on any atom is 0.123 e. The van der Waals surface area contributed by atoms with Crippen LogP contribution >= 0.6 is 0 Å². The lowest BCUT2D eigenvalue weighted by atomic mass is 10.0. The molecule has 3 aromatic rings. The predicted molar refractivity (Wildman–Crippen MR) is 86.4 cm³/mol. The zero-order valence-corrected chi connectivity index (χ0v) is 11.7. The van der Waals surface area contributed by atoms with Crippen LogP contribution in [-0.2, 0) is 0 Å². The fourth-order valence-corrected chi connectivity index (χ4v) is 2.92. The predicted octanol–water partition coefficient (Wildman–Crippen LogP) is 3.96. The highest BCUT2D eigenvalue weighted by molar-refractivity contribution is 6.04. The summed E-state index contributed by atoms with van der Waals surface area (Å²) in [4.78, 5) is 0. The lowest BCUT2D eigenvalue weighted by Gasteiger charge is -2.30. The number of benzene rings is 3. The van der Waals surface area contributed by atoms with Gasteiger partial charge in [-0.2, -0.15) is 0 Å². The average molecular weight is 293 g/mol. The highest BCUT2D eigenvalue weighted by Crippen LogP contribution is 2.38. The summed E-state index contributed by atoms with van der Waals surface area (Å²) < 4.78 is 0. The third kappa shape index (κ3) is 2.04. The normalized spacial score (nSPS) is 13.5. The highest BCUT2D eigenvalue weighted by Gasteiger charge is 2.20. The van der Waals surface area contributed by atoms with Gasteiger partial charge in [0, 0.05) is 16.8 Å². The Balaban J connectivity index is 1.77. The van der Waals surface area contributed by atoms with E-state index < -0.39 is 0 Å². The Morgan fingerprint density at radius 3 is 2.09 bits per heavy atom. The van der Waals surface area contributed by atoms with Gasteiger partial charge >= 0.3 is 0 Å². The maximum absolute atomic E-state index is 9.18. The van der Waals surface area contributed by atoms with Crippen molar-refractivity contribution in [3.05, 3.63) is 66.2 Å². The molecule has 4 N–H and O–H groups in total. The molecule has 0 fully saturated rings. The van der Waals surface area contributed by atoms with Crippen LogP contribution in [0.4, 0.5) is 17.1 Å². The van der Waals surface area contributed by atoms with Gasteiger partial charge in [0.15, 0.2) is 0 Å². The molecular formula is C17H15N3O2. The summed E-state index contributed by atoms with van der Waals surface area (Å²) in [6.45, 7) is 0. The molecular weight excluding hydrogens is 278 g/mol. The van der Waals surface area contributed by atoms with Gasteiger partial charge in [0.05, 0.1) is 5.69 Å². The fourth-order valence-electron chi connectivity index (χ4n) is 2.92. The number of nitrogens with one attached hydrogen (secondary N) is 2. The van der Waals surface area contributed by atoms with Crippen LogP contribution in [-0.4, -0.2) is 10.4 Å². The van der Waals surface area contributed by atoms with Crippen LogP contribution in [0.25, 0.3) is 10.8 Å². The minimum absolute atomic E-state index is 0.126. The molecule has 0 atom stereocenters. The number of hydrogen-bond donors (Lipinski definition) is 4. The van der Waals surface area contributed by atoms with Crippen molar-refractivity contribution < 1.29 is 10.4 Å². The molecule has 1 aliphatic heterocycles. The van der Waals surface area contributed by atoms with E-state index in [0.717, 1.165) is 16.9 Å². The zero-order valence-electron chi connectivity index (χ0n) is 11.7. The summed E-state index contributed by atoms with van der Waals surface area (Å²) in [6.07, 6.45) is -0.139. The van der Waals surface area contributed by atoms with Crippen LogP contribution in [0.3, 0.4) is 0 Å². The van der Waals surface area contributed by atoms with E-state index in [1.54, 1.807) is 18.2 Å². The Morgan fingerprint density at radius 2 is 1.45 bits per heavy atom. The lowest BCUT2D eigenvalue weighted by molar-refractivity contribution is 0.0291. The highest BCUT2D eigenvalue weighted by atomic mass is 16.8. The lowest BCUT2D eigenvalue weighted by Crippen LogP contribution is -2.24. The fraction of sp³-hybridized carbons (Fsp3) is 0.0588. The van der Waals surface area contributed by atoms with E-state index in [1.807, 2.05) is 30.3 Å². The van der Waals surface area contributed by atoms with Gasteiger partial charge in [-0.3, -0.25) is 10.4 Å². The van der Waals surface area contributed by atoms with E-state index in [1.165, 1.54) is 10.8 Å². The molecule has 1 aliphatic rings. The van der Waals surface area contributed by atoms with Crippen LogP contribution in [0.15, 0.2) is 60.7 Å². The van der Waals surface area contributed by atoms with E-state index in [9.17, 15) is 10.4 Å². The second-order valence-electron chi connectivity index (χ2n) is 5.32. The molecule has 0 aromatic heterocycles. The van der Waals surface area contributed by atoms with Crippen molar-refractivity contribution in [2.75, 3.05) is 15.9 Å². The molecule has 0 spiro atoms. The van der Waals surface area contributed by atoms with Crippen LogP contribution in [0.1, 0.15) is 11.7 Å². The van der Waals surface area contributed by atoms with Crippen molar-refractivity contribution >= 4 is 27.8 Å². The van der Waals surface area contributed by atoms with Gasteiger partial charge in [-0.1, -0.05) is 36.4 Å². The molecule has 110 valence electrons. The van der Waals surface area contributed by atoms with Crippen molar-refractivity contribution in [3.63, 3.8) is 0 Å². The third-order valence-electron chi connectivity index (χ3n) is 3.94. The molecule has 1 heterocycles. The number of hydrogen-bond acceptors (Lipinski definition) is 5. The molecule has 0 unspecified atom stereocenters. The second kappa shape index (κ2) is 4.91. The van der Waals surface area contributed by atoms with Crippen LogP contribution in [0.5, 0.6) is 0 Å². The summed E-state index contributed by atoms with van der Waals surface area (Å²) in [6, 6.07) is 19.4. The Morgan fingerprint density at radius 1 is 0.818 bits per heavy atom. The van der Waals surface area contributed by atoms with Crippen LogP contribution in [0.2, 0.25) is 0 Å². The molecule has 4 rings (SSSR count). The minimum Gasteiger partial charge on any atom is -0.361 e. The van der Waals surface area contributed by atoms with E-state index in [-0.39, 0.29) is 11.4 Å².